The van der Waals surface area contributed by atoms with Gasteiger partial charge in [0, 0.05) is 23.3 Å². The monoisotopic (exact) mass is 434 g/mol. The molecule has 2 aromatic carbocycles. The van der Waals surface area contributed by atoms with Gasteiger partial charge in [-0.25, -0.2) is 4.98 Å². The Hall–Kier alpha value is -3.71. The molecule has 3 aromatic rings. The van der Waals surface area contributed by atoms with Gasteiger partial charge in [0.15, 0.2) is 0 Å². The van der Waals surface area contributed by atoms with Crippen LogP contribution in [0.2, 0.25) is 5.02 Å². The number of halogens is 1. The van der Waals surface area contributed by atoms with Crippen molar-refractivity contribution in [3.05, 3.63) is 88.6 Å². The molecule has 3 amide bonds. The Balaban J connectivity index is 1.52. The van der Waals surface area contributed by atoms with Crippen LogP contribution in [0, 0.1) is 0 Å². The van der Waals surface area contributed by atoms with Crippen LogP contribution < -0.4 is 10.6 Å². The molecule has 0 aliphatic carbocycles. The first kappa shape index (κ1) is 20.6. The third-order valence-corrected chi connectivity index (χ3v) is 5.29. The van der Waals surface area contributed by atoms with E-state index in [-0.39, 0.29) is 24.3 Å². The van der Waals surface area contributed by atoms with Gasteiger partial charge in [0.2, 0.25) is 5.91 Å². The average molecular weight is 435 g/mol. The summed E-state index contributed by atoms with van der Waals surface area (Å²) < 4.78 is 0. The molecule has 0 radical (unpaired) electrons. The number of carbonyl (C=O) groups is 3. The standard InChI is InChI=1S/C23H19ClN4O3/c1-14-21(29)26-19-12-17(24)9-10-18(19)23(31)28(14)13-15-5-7-16(8-6-15)22(30)27-20-4-2-3-11-25-20/h2-12,14H,13H2,1H3,(H,26,29)(H,25,27,30)/t14-/m0/s1. The first-order chi connectivity index (χ1) is 14.9. The quantitative estimate of drug-likeness (QED) is 0.650. The molecule has 7 nitrogen and oxygen atoms in total. The summed E-state index contributed by atoms with van der Waals surface area (Å²) in [5.41, 5.74) is 2.04. The molecule has 0 bridgehead atoms. The highest BCUT2D eigenvalue weighted by Crippen LogP contribution is 2.27. The lowest BCUT2D eigenvalue weighted by atomic mass is 10.1. The van der Waals surface area contributed by atoms with E-state index >= 15 is 0 Å². The van der Waals surface area contributed by atoms with Gasteiger partial charge in [-0.1, -0.05) is 29.8 Å². The summed E-state index contributed by atoms with van der Waals surface area (Å²) >= 11 is 6.01. The molecule has 2 heterocycles. The molecule has 2 N–H and O–H groups in total. The number of benzene rings is 2. The third-order valence-electron chi connectivity index (χ3n) is 5.05. The number of amides is 3. The molecule has 1 atom stereocenters. The highest BCUT2D eigenvalue weighted by molar-refractivity contribution is 6.31. The Kier molecular flexibility index (Phi) is 5.68. The van der Waals surface area contributed by atoms with E-state index in [1.165, 1.54) is 4.90 Å². The zero-order valence-electron chi connectivity index (χ0n) is 16.6. The summed E-state index contributed by atoms with van der Waals surface area (Å²) in [5, 5.41) is 5.92. The summed E-state index contributed by atoms with van der Waals surface area (Å²) in [6.07, 6.45) is 1.60. The molecule has 1 aliphatic rings. The normalized spacial score (nSPS) is 15.7. The number of aromatic nitrogens is 1. The summed E-state index contributed by atoms with van der Waals surface area (Å²) in [4.78, 5) is 43.6. The molecule has 0 fully saturated rings. The van der Waals surface area contributed by atoms with Gasteiger partial charge in [-0.2, -0.15) is 0 Å². The third kappa shape index (κ3) is 4.41. The summed E-state index contributed by atoms with van der Waals surface area (Å²) in [6.45, 7) is 1.90. The SMILES string of the molecule is C[C@H]1C(=O)Nc2cc(Cl)ccc2C(=O)N1Cc1ccc(C(=O)Nc2ccccn2)cc1. The van der Waals surface area contributed by atoms with Crippen LogP contribution in [0.3, 0.4) is 0 Å². The van der Waals surface area contributed by atoms with Crippen LogP contribution in [0.1, 0.15) is 33.2 Å². The van der Waals surface area contributed by atoms with Gasteiger partial charge in [0.1, 0.15) is 11.9 Å². The molecular formula is C23H19ClN4O3. The van der Waals surface area contributed by atoms with Crippen molar-refractivity contribution >= 4 is 40.8 Å². The minimum absolute atomic E-state index is 0.220. The molecular weight excluding hydrogens is 416 g/mol. The fraction of sp³-hybridized carbons (Fsp3) is 0.130. The second kappa shape index (κ2) is 8.57. The molecule has 0 saturated heterocycles. The Bertz CT molecular complexity index is 1150. The van der Waals surface area contributed by atoms with Crippen molar-refractivity contribution in [3.63, 3.8) is 0 Å². The van der Waals surface area contributed by atoms with Crippen LogP contribution in [-0.2, 0) is 11.3 Å². The Morgan fingerprint density at radius 1 is 1.13 bits per heavy atom. The number of hydrogen-bond donors (Lipinski definition) is 2. The molecule has 0 saturated carbocycles. The molecule has 31 heavy (non-hydrogen) atoms. The van der Waals surface area contributed by atoms with Crippen molar-refractivity contribution in [1.29, 1.82) is 0 Å². The second-order valence-corrected chi connectivity index (χ2v) is 7.59. The van der Waals surface area contributed by atoms with E-state index in [2.05, 4.69) is 15.6 Å². The first-order valence-electron chi connectivity index (χ1n) is 9.65. The Labute approximate surface area is 184 Å². The van der Waals surface area contributed by atoms with Gasteiger partial charge < -0.3 is 15.5 Å². The topological polar surface area (TPSA) is 91.4 Å². The number of pyridine rings is 1. The van der Waals surface area contributed by atoms with E-state index in [9.17, 15) is 14.4 Å². The van der Waals surface area contributed by atoms with E-state index in [1.54, 1.807) is 73.8 Å². The maximum Gasteiger partial charge on any atom is 0.256 e. The maximum absolute atomic E-state index is 13.1. The molecule has 1 aliphatic heterocycles. The Morgan fingerprint density at radius 3 is 2.61 bits per heavy atom. The Morgan fingerprint density at radius 2 is 1.90 bits per heavy atom. The fourth-order valence-corrected chi connectivity index (χ4v) is 3.48. The van der Waals surface area contributed by atoms with Crippen molar-refractivity contribution in [2.45, 2.75) is 19.5 Å². The molecule has 4 rings (SSSR count). The van der Waals surface area contributed by atoms with Gasteiger partial charge in [-0.15, -0.1) is 0 Å². The van der Waals surface area contributed by atoms with E-state index in [0.717, 1.165) is 5.56 Å². The van der Waals surface area contributed by atoms with Crippen molar-refractivity contribution in [3.8, 4) is 0 Å². The zero-order valence-corrected chi connectivity index (χ0v) is 17.4. The second-order valence-electron chi connectivity index (χ2n) is 7.15. The minimum Gasteiger partial charge on any atom is -0.324 e. The van der Waals surface area contributed by atoms with Gasteiger partial charge >= 0.3 is 0 Å². The van der Waals surface area contributed by atoms with Crippen LogP contribution in [-0.4, -0.2) is 33.6 Å². The molecule has 1 aromatic heterocycles. The highest BCUT2D eigenvalue weighted by atomic mass is 35.5. The van der Waals surface area contributed by atoms with Gasteiger partial charge in [-0.05, 0) is 55.0 Å². The fourth-order valence-electron chi connectivity index (χ4n) is 3.31. The average Bonchev–Trinajstić information content (AvgIpc) is 2.85. The van der Waals surface area contributed by atoms with Crippen LogP contribution in [0.4, 0.5) is 11.5 Å². The highest BCUT2D eigenvalue weighted by Gasteiger charge is 2.32. The predicted octanol–water partition coefficient (Wildman–Crippen LogP) is 3.97. The zero-order chi connectivity index (χ0) is 22.0. The molecule has 8 heteroatoms. The van der Waals surface area contributed by atoms with Gasteiger partial charge in [0.25, 0.3) is 11.8 Å². The van der Waals surface area contributed by atoms with Crippen molar-refractivity contribution in [2.75, 3.05) is 10.6 Å². The first-order valence-corrected chi connectivity index (χ1v) is 10.0. The molecule has 0 unspecified atom stereocenters. The van der Waals surface area contributed by atoms with Gasteiger partial charge in [-0.3, -0.25) is 14.4 Å². The number of rotatable bonds is 4. The number of fused-ring (bicyclic) bond motifs is 1. The minimum atomic E-state index is -0.675. The van der Waals surface area contributed by atoms with Crippen LogP contribution in [0.5, 0.6) is 0 Å². The lowest BCUT2D eigenvalue weighted by molar-refractivity contribution is -0.120. The molecule has 0 spiro atoms. The number of hydrogen-bond acceptors (Lipinski definition) is 4. The lowest BCUT2D eigenvalue weighted by Crippen LogP contribution is -2.42. The number of nitrogens with zero attached hydrogens (tertiary/aromatic N) is 2. The van der Waals surface area contributed by atoms with E-state index in [1.807, 2.05) is 0 Å². The summed E-state index contributed by atoms with van der Waals surface area (Å²) in [5.74, 6) is -0.379. The van der Waals surface area contributed by atoms with E-state index in [4.69, 9.17) is 11.6 Å². The van der Waals surface area contributed by atoms with Crippen LogP contribution in [0.25, 0.3) is 0 Å². The largest absolute Gasteiger partial charge is 0.324 e. The van der Waals surface area contributed by atoms with Crippen molar-refractivity contribution < 1.29 is 14.4 Å². The maximum atomic E-state index is 13.1. The van der Waals surface area contributed by atoms with Crippen molar-refractivity contribution in [2.24, 2.45) is 0 Å². The lowest BCUT2D eigenvalue weighted by Gasteiger charge is -2.26. The van der Waals surface area contributed by atoms with E-state index < -0.39 is 6.04 Å². The van der Waals surface area contributed by atoms with Crippen molar-refractivity contribution in [1.82, 2.24) is 9.88 Å². The van der Waals surface area contributed by atoms with E-state index in [0.29, 0.717) is 27.7 Å². The smallest absolute Gasteiger partial charge is 0.256 e. The van der Waals surface area contributed by atoms with Crippen LogP contribution in [0.15, 0.2) is 66.9 Å². The van der Waals surface area contributed by atoms with Crippen LogP contribution >= 0.6 is 11.6 Å². The number of carbonyl (C=O) groups excluding carboxylic acids is 3. The van der Waals surface area contributed by atoms with Gasteiger partial charge in [0.05, 0.1) is 11.3 Å². The molecule has 156 valence electrons. The number of nitrogens with one attached hydrogen (secondary N) is 2. The number of anilines is 2. The summed E-state index contributed by atoms with van der Waals surface area (Å²) in [6, 6.07) is 16.2. The predicted molar refractivity (Wildman–Crippen MR) is 118 cm³/mol. The summed E-state index contributed by atoms with van der Waals surface area (Å²) in [7, 11) is 0.